The number of nitrogens with zero attached hydrogens (tertiary/aromatic N) is 2. The van der Waals surface area contributed by atoms with Crippen molar-refractivity contribution >= 4 is 12.4 Å². The van der Waals surface area contributed by atoms with Crippen LogP contribution in [0.1, 0.15) is 6.42 Å². The molecule has 0 aromatic rings. The third-order valence-electron chi connectivity index (χ3n) is 1.63. The Bertz CT molecular complexity index is 256. The Balaban J connectivity index is 2.39. The van der Waals surface area contributed by atoms with E-state index in [1.165, 1.54) is 5.57 Å². The normalized spacial score (nSPS) is 21.6. The van der Waals surface area contributed by atoms with E-state index in [0.717, 1.165) is 18.7 Å². The van der Waals surface area contributed by atoms with Gasteiger partial charge in [0.2, 0.25) is 12.8 Å². The second-order valence-corrected chi connectivity index (χ2v) is 2.32. The fourth-order valence-electron chi connectivity index (χ4n) is 1.10. The monoisotopic (exact) mass is 132 g/mol. The lowest BCUT2D eigenvalue weighted by Crippen LogP contribution is -2.09. The van der Waals surface area contributed by atoms with Crippen molar-refractivity contribution in [2.24, 2.45) is 4.99 Å². The summed E-state index contributed by atoms with van der Waals surface area (Å²) >= 11 is 0. The molecule has 2 rings (SSSR count). The van der Waals surface area contributed by atoms with E-state index in [2.05, 4.69) is 16.1 Å². The van der Waals surface area contributed by atoms with E-state index in [-0.39, 0.29) is 0 Å². The quantitative estimate of drug-likeness (QED) is 0.463. The maximum absolute atomic E-state index is 4.23. The van der Waals surface area contributed by atoms with Crippen LogP contribution in [0, 0.1) is 0 Å². The molecule has 0 N–H and O–H groups in total. The summed E-state index contributed by atoms with van der Waals surface area (Å²) in [6, 6.07) is 0. The number of aliphatic imine (C=N–C) groups is 2. The van der Waals surface area contributed by atoms with Crippen LogP contribution in [-0.2, 0) is 0 Å². The Morgan fingerprint density at radius 3 is 3.40 bits per heavy atom. The number of allylic oxidation sites excluding steroid dienone is 2. The summed E-state index contributed by atoms with van der Waals surface area (Å²) in [7, 11) is 0. The van der Waals surface area contributed by atoms with Crippen molar-refractivity contribution in [2.45, 2.75) is 6.42 Å². The van der Waals surface area contributed by atoms with Gasteiger partial charge in [0.25, 0.3) is 0 Å². The Labute approximate surface area is 59.7 Å². The molecule has 0 amide bonds. The van der Waals surface area contributed by atoms with Crippen LogP contribution >= 0.6 is 0 Å². The lowest BCUT2D eigenvalue weighted by atomic mass is 10.1. The first-order chi connectivity index (χ1) is 4.97. The third-order valence-corrected chi connectivity index (χ3v) is 1.63. The first-order valence-electron chi connectivity index (χ1n) is 3.39. The fraction of sp³-hybridized carbons (Fsp3) is 0.250. The van der Waals surface area contributed by atoms with E-state index in [9.17, 15) is 0 Å². The molecule has 0 bridgehead atoms. The molecule has 2 heterocycles. The Morgan fingerprint density at radius 1 is 1.50 bits per heavy atom. The maximum atomic E-state index is 4.23. The van der Waals surface area contributed by atoms with Gasteiger partial charge in [0.1, 0.15) is 0 Å². The zero-order valence-corrected chi connectivity index (χ0v) is 5.62. The van der Waals surface area contributed by atoms with Crippen LogP contribution in [0.4, 0.5) is 0 Å². The Morgan fingerprint density at radius 2 is 2.50 bits per heavy atom. The van der Waals surface area contributed by atoms with Gasteiger partial charge in [-0.25, -0.2) is 0 Å². The predicted molar refractivity (Wildman–Crippen MR) is 42.3 cm³/mol. The first kappa shape index (κ1) is 5.59. The van der Waals surface area contributed by atoms with E-state index in [4.69, 9.17) is 0 Å². The highest BCUT2D eigenvalue weighted by atomic mass is 14.8. The molecule has 0 aromatic heterocycles. The molecule has 2 nitrogen and oxygen atoms in total. The zero-order valence-electron chi connectivity index (χ0n) is 5.62. The number of hydrogen-bond acceptors (Lipinski definition) is 2. The molecule has 0 saturated heterocycles. The molecule has 0 aliphatic carbocycles. The molecule has 0 saturated carbocycles. The molecule has 0 fully saturated rings. The molecule has 0 atom stereocenters. The molecule has 0 aromatic carbocycles. The average Bonchev–Trinajstić information content (AvgIpc) is 2.05. The van der Waals surface area contributed by atoms with Gasteiger partial charge in [-0.2, -0.15) is 0 Å². The fourth-order valence-corrected chi connectivity index (χ4v) is 1.10. The number of fused-ring (bicyclic) bond motifs is 1. The standard InChI is InChI=1S/C8H8N2/c1-2-7-6-9-5-3-8(7)10-4-1/h2-5H,1,6H2/q+1. The van der Waals surface area contributed by atoms with Gasteiger partial charge in [-0.05, 0) is 0 Å². The Kier molecular flexibility index (Phi) is 1.24. The average molecular weight is 132 g/mol. The summed E-state index contributed by atoms with van der Waals surface area (Å²) in [6.07, 6.45) is 8.83. The van der Waals surface area contributed by atoms with Crippen molar-refractivity contribution in [2.75, 3.05) is 6.54 Å². The number of hydrogen-bond donors (Lipinski definition) is 0. The third kappa shape index (κ3) is 0.817. The molecule has 2 heteroatoms. The van der Waals surface area contributed by atoms with Crippen LogP contribution in [0.15, 0.2) is 28.4 Å². The van der Waals surface area contributed by atoms with E-state index in [1.54, 1.807) is 0 Å². The number of rotatable bonds is 0. The maximum Gasteiger partial charge on any atom is 0.237 e. The molecular formula is C8H8N2+. The highest BCUT2D eigenvalue weighted by Gasteiger charge is 2.14. The van der Waals surface area contributed by atoms with Gasteiger partial charge in [0, 0.05) is 29.3 Å². The van der Waals surface area contributed by atoms with E-state index in [1.807, 2.05) is 18.5 Å². The van der Waals surface area contributed by atoms with E-state index >= 15 is 0 Å². The van der Waals surface area contributed by atoms with Crippen molar-refractivity contribution in [1.82, 2.24) is 4.99 Å². The van der Waals surface area contributed by atoms with Crippen LogP contribution in [0.3, 0.4) is 0 Å². The van der Waals surface area contributed by atoms with E-state index in [0.29, 0.717) is 0 Å². The lowest BCUT2D eigenvalue weighted by Gasteiger charge is -2.05. The van der Waals surface area contributed by atoms with Crippen molar-refractivity contribution in [1.29, 1.82) is 0 Å². The second kappa shape index (κ2) is 2.21. The highest BCUT2D eigenvalue weighted by Crippen LogP contribution is 2.15. The van der Waals surface area contributed by atoms with Gasteiger partial charge in [-0.15, -0.1) is 0 Å². The number of dihydropyridines is 2. The van der Waals surface area contributed by atoms with Crippen LogP contribution in [0.5, 0.6) is 0 Å². The second-order valence-electron chi connectivity index (χ2n) is 2.32. The lowest BCUT2D eigenvalue weighted by molar-refractivity contribution is 1.01. The van der Waals surface area contributed by atoms with Gasteiger partial charge in [0.05, 0.1) is 5.70 Å². The smallest absolute Gasteiger partial charge is 0.237 e. The molecule has 2 aliphatic heterocycles. The minimum atomic E-state index is 0.809. The van der Waals surface area contributed by atoms with Crippen molar-refractivity contribution in [3.63, 3.8) is 0 Å². The minimum Gasteiger partial charge on any atom is -0.260 e. The molecule has 10 heavy (non-hydrogen) atoms. The van der Waals surface area contributed by atoms with Gasteiger partial charge < -0.3 is 0 Å². The van der Waals surface area contributed by atoms with Gasteiger partial charge in [0.15, 0.2) is 0 Å². The van der Waals surface area contributed by atoms with E-state index < -0.39 is 0 Å². The van der Waals surface area contributed by atoms with Crippen LogP contribution < -0.4 is 4.99 Å². The van der Waals surface area contributed by atoms with Gasteiger partial charge in [-0.1, -0.05) is 6.08 Å². The molecule has 49 valence electrons. The predicted octanol–water partition coefficient (Wildman–Crippen LogP) is 0.691. The first-order valence-corrected chi connectivity index (χ1v) is 3.39. The SMILES string of the molecule is C1=NC2=CC=[N+]CC2=CC1. The van der Waals surface area contributed by atoms with Crippen molar-refractivity contribution in [3.05, 3.63) is 23.4 Å². The van der Waals surface area contributed by atoms with Gasteiger partial charge in [-0.3, -0.25) is 4.99 Å². The van der Waals surface area contributed by atoms with Crippen LogP contribution in [-0.4, -0.2) is 19.0 Å². The highest BCUT2D eigenvalue weighted by molar-refractivity contribution is 5.77. The van der Waals surface area contributed by atoms with Gasteiger partial charge >= 0.3 is 0 Å². The Hall–Kier alpha value is -1.18. The topological polar surface area (TPSA) is 26.5 Å². The largest absolute Gasteiger partial charge is 0.260 e. The zero-order chi connectivity index (χ0) is 6.81. The van der Waals surface area contributed by atoms with Crippen LogP contribution in [0.25, 0.3) is 0 Å². The van der Waals surface area contributed by atoms with Crippen LogP contribution in [0.2, 0.25) is 0 Å². The van der Waals surface area contributed by atoms with Crippen molar-refractivity contribution in [3.8, 4) is 0 Å². The summed E-state index contributed by atoms with van der Waals surface area (Å²) in [5.74, 6) is 0. The summed E-state index contributed by atoms with van der Waals surface area (Å²) in [6.45, 7) is 0.809. The molecule has 1 radical (unpaired) electrons. The molecule has 2 aliphatic rings. The summed E-state index contributed by atoms with van der Waals surface area (Å²) in [5, 5.41) is 0. The molecule has 0 spiro atoms. The minimum absolute atomic E-state index is 0.809. The summed E-state index contributed by atoms with van der Waals surface area (Å²) < 4.78 is 0. The molecular weight excluding hydrogens is 124 g/mol. The summed E-state index contributed by atoms with van der Waals surface area (Å²) in [4.78, 5) is 8.35. The summed E-state index contributed by atoms with van der Waals surface area (Å²) in [5.41, 5.74) is 2.35. The molecule has 0 unspecified atom stereocenters. The van der Waals surface area contributed by atoms with Crippen molar-refractivity contribution < 1.29 is 0 Å².